The Morgan fingerprint density at radius 1 is 0.900 bits per heavy atom. The van der Waals surface area contributed by atoms with Crippen molar-refractivity contribution in [2.45, 2.75) is 102 Å². The van der Waals surface area contributed by atoms with Gasteiger partial charge in [0.2, 0.25) is 17.7 Å². The Labute approximate surface area is 234 Å². The van der Waals surface area contributed by atoms with E-state index in [0.29, 0.717) is 31.4 Å². The van der Waals surface area contributed by atoms with E-state index in [9.17, 15) is 24.0 Å². The zero-order valence-corrected chi connectivity index (χ0v) is 23.5. The number of hydrogen-bond donors (Lipinski definition) is 2. The molecule has 1 atom stereocenters. The van der Waals surface area contributed by atoms with Crippen LogP contribution in [0.25, 0.3) is 11.0 Å². The van der Waals surface area contributed by atoms with Gasteiger partial charge in [-0.2, -0.15) is 0 Å². The van der Waals surface area contributed by atoms with Crippen molar-refractivity contribution in [1.29, 1.82) is 0 Å². The molecular formula is C30H42N4O6. The van der Waals surface area contributed by atoms with E-state index in [4.69, 9.17) is 5.11 Å². The van der Waals surface area contributed by atoms with Crippen LogP contribution >= 0.6 is 0 Å². The highest BCUT2D eigenvalue weighted by atomic mass is 16.4. The molecule has 2 aromatic rings. The first-order valence-electron chi connectivity index (χ1n) is 14.8. The number of unbranched alkanes of at least 4 members (excludes halogenated alkanes) is 7. The van der Waals surface area contributed by atoms with Crippen LogP contribution in [-0.2, 0) is 26.2 Å². The van der Waals surface area contributed by atoms with Gasteiger partial charge in [0.15, 0.2) is 0 Å². The summed E-state index contributed by atoms with van der Waals surface area (Å²) < 4.78 is 3.14. The van der Waals surface area contributed by atoms with Crippen LogP contribution in [0.15, 0.2) is 23.0 Å². The summed E-state index contributed by atoms with van der Waals surface area (Å²) in [4.78, 5) is 62.7. The SMILES string of the molecule is Cn1c(=O)n(C2CCC(=O)NC2=O)c2cccc(C3CCN(C(=O)CCCCCCCCCCC(=O)O)CC3)c21. The van der Waals surface area contributed by atoms with E-state index < -0.39 is 17.9 Å². The molecule has 40 heavy (non-hydrogen) atoms. The molecule has 2 saturated heterocycles. The molecule has 10 nitrogen and oxygen atoms in total. The van der Waals surface area contributed by atoms with Crippen LogP contribution in [0.5, 0.6) is 0 Å². The lowest BCUT2D eigenvalue weighted by Crippen LogP contribution is -2.44. The zero-order valence-electron chi connectivity index (χ0n) is 23.5. The van der Waals surface area contributed by atoms with E-state index in [0.717, 1.165) is 75.3 Å². The lowest BCUT2D eigenvalue weighted by molar-refractivity contribution is -0.137. The number of likely N-dealkylation sites (tertiary alicyclic amines) is 1. The Bertz CT molecular complexity index is 1290. The van der Waals surface area contributed by atoms with Crippen LogP contribution in [-0.4, -0.2) is 55.9 Å². The number of piperidine rings is 2. The number of nitrogens with one attached hydrogen (secondary N) is 1. The molecule has 0 bridgehead atoms. The molecule has 0 saturated carbocycles. The Kier molecular flexibility index (Phi) is 10.2. The lowest BCUT2D eigenvalue weighted by Gasteiger charge is -2.32. The van der Waals surface area contributed by atoms with E-state index in [2.05, 4.69) is 5.32 Å². The summed E-state index contributed by atoms with van der Waals surface area (Å²) in [6, 6.07) is 5.13. The van der Waals surface area contributed by atoms with Crippen molar-refractivity contribution in [2.24, 2.45) is 7.05 Å². The van der Waals surface area contributed by atoms with Crippen LogP contribution in [0.2, 0.25) is 0 Å². The smallest absolute Gasteiger partial charge is 0.329 e. The molecule has 3 heterocycles. The van der Waals surface area contributed by atoms with Crippen LogP contribution in [0.3, 0.4) is 0 Å². The third kappa shape index (κ3) is 7.01. The molecule has 1 aromatic heterocycles. The maximum Gasteiger partial charge on any atom is 0.329 e. The van der Waals surface area contributed by atoms with Gasteiger partial charge in [0.05, 0.1) is 11.0 Å². The van der Waals surface area contributed by atoms with Crippen molar-refractivity contribution >= 4 is 34.7 Å². The number of aliphatic carboxylic acids is 1. The quantitative estimate of drug-likeness (QED) is 0.284. The molecule has 1 unspecified atom stereocenters. The molecule has 10 heteroatoms. The monoisotopic (exact) mass is 554 g/mol. The summed E-state index contributed by atoms with van der Waals surface area (Å²) in [5, 5.41) is 11.0. The third-order valence-electron chi connectivity index (χ3n) is 8.47. The first-order chi connectivity index (χ1) is 19.3. The summed E-state index contributed by atoms with van der Waals surface area (Å²) in [7, 11) is 1.73. The molecule has 1 aromatic carbocycles. The van der Waals surface area contributed by atoms with Gasteiger partial charge in [-0.1, -0.05) is 50.7 Å². The van der Waals surface area contributed by atoms with Gasteiger partial charge in [-0.25, -0.2) is 4.79 Å². The lowest BCUT2D eigenvalue weighted by atomic mass is 9.88. The number of nitrogens with zero attached hydrogens (tertiary/aromatic N) is 3. The molecule has 218 valence electrons. The summed E-state index contributed by atoms with van der Waals surface area (Å²) >= 11 is 0. The number of fused-ring (bicyclic) bond motifs is 1. The largest absolute Gasteiger partial charge is 0.481 e. The summed E-state index contributed by atoms with van der Waals surface area (Å²) in [5.74, 6) is -1.04. The maximum atomic E-state index is 13.2. The van der Waals surface area contributed by atoms with E-state index in [1.165, 1.54) is 4.57 Å². The summed E-state index contributed by atoms with van der Waals surface area (Å²) in [6.07, 6.45) is 11.1. The van der Waals surface area contributed by atoms with Gasteiger partial charge in [-0.3, -0.25) is 33.6 Å². The maximum absolute atomic E-state index is 13.2. The number of carboxylic acid groups (broad SMARTS) is 1. The minimum Gasteiger partial charge on any atom is -0.481 e. The highest BCUT2D eigenvalue weighted by Crippen LogP contribution is 2.34. The highest BCUT2D eigenvalue weighted by Gasteiger charge is 2.33. The fraction of sp³-hybridized carbons (Fsp3) is 0.633. The average Bonchev–Trinajstić information content (AvgIpc) is 3.19. The highest BCUT2D eigenvalue weighted by molar-refractivity contribution is 6.00. The van der Waals surface area contributed by atoms with Crippen molar-refractivity contribution in [3.8, 4) is 0 Å². The average molecular weight is 555 g/mol. The molecule has 2 N–H and O–H groups in total. The summed E-state index contributed by atoms with van der Waals surface area (Å²) in [6.45, 7) is 1.38. The number of carbonyl (C=O) groups is 4. The van der Waals surface area contributed by atoms with Crippen molar-refractivity contribution in [2.75, 3.05) is 13.1 Å². The van der Waals surface area contributed by atoms with Crippen molar-refractivity contribution in [3.05, 3.63) is 34.2 Å². The number of para-hydroxylation sites is 1. The van der Waals surface area contributed by atoms with E-state index in [1.807, 2.05) is 23.1 Å². The van der Waals surface area contributed by atoms with Crippen LogP contribution < -0.4 is 11.0 Å². The van der Waals surface area contributed by atoms with Crippen molar-refractivity contribution in [1.82, 2.24) is 19.4 Å². The first kappa shape index (κ1) is 29.6. The van der Waals surface area contributed by atoms with Gasteiger partial charge in [-0.15, -0.1) is 0 Å². The van der Waals surface area contributed by atoms with Gasteiger partial charge in [0, 0.05) is 39.4 Å². The topological polar surface area (TPSA) is 131 Å². The molecule has 0 spiro atoms. The molecule has 2 aliphatic heterocycles. The molecule has 0 radical (unpaired) electrons. The van der Waals surface area contributed by atoms with Gasteiger partial charge in [-0.05, 0) is 49.7 Å². The third-order valence-corrected chi connectivity index (χ3v) is 8.47. The number of benzene rings is 1. The standard InChI is InChI=1S/C30H42N4O6/c1-32-28-22(11-10-12-23(28)34(30(32)40)24-15-16-25(35)31-29(24)39)21-17-19-33(20-18-21)26(36)13-8-6-4-2-3-5-7-9-14-27(37)38/h10-12,21,24H,2-9,13-20H2,1H3,(H,37,38)(H,31,35,39). The number of aryl methyl sites for hydroxylation is 1. The van der Waals surface area contributed by atoms with E-state index in [-0.39, 0.29) is 36.3 Å². The fourth-order valence-electron chi connectivity index (χ4n) is 6.24. The van der Waals surface area contributed by atoms with Crippen LogP contribution in [0.4, 0.5) is 0 Å². The number of imidazole rings is 1. The number of imide groups is 1. The van der Waals surface area contributed by atoms with E-state index >= 15 is 0 Å². The molecule has 2 aliphatic rings. The molecule has 3 amide bonds. The predicted molar refractivity (Wildman–Crippen MR) is 151 cm³/mol. The minimum absolute atomic E-state index is 0.210. The van der Waals surface area contributed by atoms with Gasteiger partial charge >= 0.3 is 11.7 Å². The number of rotatable bonds is 13. The Hall–Kier alpha value is -3.43. The summed E-state index contributed by atoms with van der Waals surface area (Å²) in [5.41, 5.74) is 2.34. The van der Waals surface area contributed by atoms with Gasteiger partial charge in [0.25, 0.3) is 0 Å². The predicted octanol–water partition coefficient (Wildman–Crippen LogP) is 4.01. The van der Waals surface area contributed by atoms with Crippen molar-refractivity contribution in [3.63, 3.8) is 0 Å². The fourth-order valence-corrected chi connectivity index (χ4v) is 6.24. The Morgan fingerprint density at radius 2 is 1.52 bits per heavy atom. The first-order valence-corrected chi connectivity index (χ1v) is 14.8. The normalized spacial score (nSPS) is 18.3. The second-order valence-corrected chi connectivity index (χ2v) is 11.3. The van der Waals surface area contributed by atoms with Gasteiger partial charge < -0.3 is 10.0 Å². The Morgan fingerprint density at radius 3 is 2.15 bits per heavy atom. The van der Waals surface area contributed by atoms with Crippen LogP contribution in [0.1, 0.15) is 107 Å². The second kappa shape index (κ2) is 13.8. The zero-order chi connectivity index (χ0) is 28.6. The van der Waals surface area contributed by atoms with Crippen LogP contribution in [0, 0.1) is 0 Å². The molecule has 4 rings (SSSR count). The number of carbonyl (C=O) groups excluding carboxylic acids is 3. The van der Waals surface area contributed by atoms with Gasteiger partial charge in [0.1, 0.15) is 6.04 Å². The number of carboxylic acids is 1. The molecule has 0 aliphatic carbocycles. The second-order valence-electron chi connectivity index (χ2n) is 11.3. The Balaban J connectivity index is 1.26. The minimum atomic E-state index is -0.722. The number of hydrogen-bond acceptors (Lipinski definition) is 5. The molecule has 2 fully saturated rings. The van der Waals surface area contributed by atoms with E-state index in [1.54, 1.807) is 11.6 Å². The number of amides is 3. The number of aromatic nitrogens is 2. The molecular weight excluding hydrogens is 512 g/mol. The van der Waals surface area contributed by atoms with Crippen molar-refractivity contribution < 1.29 is 24.3 Å².